The topological polar surface area (TPSA) is 101 Å². The van der Waals surface area contributed by atoms with Gasteiger partial charge in [-0.2, -0.15) is 0 Å². The van der Waals surface area contributed by atoms with Crippen LogP contribution in [-0.2, 0) is 0 Å². The number of carbonyl (C=O) groups is 2. The molecule has 23 heavy (non-hydrogen) atoms. The number of nitrogens with zero attached hydrogens (tertiary/aromatic N) is 1. The zero-order chi connectivity index (χ0) is 17.0. The molecule has 0 spiro atoms. The van der Waals surface area contributed by atoms with Crippen LogP contribution in [0.3, 0.4) is 0 Å². The molecule has 0 aliphatic heterocycles. The molecule has 0 aliphatic rings. The summed E-state index contributed by atoms with van der Waals surface area (Å²) in [4.78, 5) is 33.6. The van der Waals surface area contributed by atoms with Gasteiger partial charge in [0, 0.05) is 22.2 Å². The van der Waals surface area contributed by atoms with Crippen LogP contribution in [-0.4, -0.2) is 16.7 Å². The van der Waals surface area contributed by atoms with E-state index in [1.165, 1.54) is 24.3 Å². The van der Waals surface area contributed by atoms with Gasteiger partial charge in [-0.1, -0.05) is 15.9 Å². The van der Waals surface area contributed by atoms with E-state index < -0.39 is 22.6 Å². The van der Waals surface area contributed by atoms with Crippen LogP contribution < -0.4 is 10.9 Å². The molecule has 118 valence electrons. The van der Waals surface area contributed by atoms with Crippen LogP contribution in [0.15, 0.2) is 46.9 Å². The average Bonchev–Trinajstić information content (AvgIpc) is 2.54. The van der Waals surface area contributed by atoms with Gasteiger partial charge in [-0.05, 0) is 30.3 Å². The van der Waals surface area contributed by atoms with Gasteiger partial charge in [0.05, 0.1) is 10.5 Å². The largest absolute Gasteiger partial charge is 0.272 e. The van der Waals surface area contributed by atoms with E-state index in [1.54, 1.807) is 0 Å². The fraction of sp³-hybridized carbons (Fsp3) is 0. The number of hydrazine groups is 1. The van der Waals surface area contributed by atoms with E-state index in [-0.39, 0.29) is 16.8 Å². The van der Waals surface area contributed by atoms with Gasteiger partial charge in [0.15, 0.2) is 0 Å². The highest BCUT2D eigenvalue weighted by Crippen LogP contribution is 2.15. The monoisotopic (exact) mass is 381 g/mol. The molecule has 2 aromatic rings. The van der Waals surface area contributed by atoms with Gasteiger partial charge in [0.1, 0.15) is 5.82 Å². The summed E-state index contributed by atoms with van der Waals surface area (Å²) in [7, 11) is 0. The Labute approximate surface area is 137 Å². The molecule has 2 rings (SSSR count). The molecule has 2 N–H and O–H groups in total. The smallest absolute Gasteiger partial charge is 0.267 e. The van der Waals surface area contributed by atoms with Crippen molar-refractivity contribution in [1.82, 2.24) is 10.9 Å². The molecular formula is C14H9BrFN3O4. The predicted molar refractivity (Wildman–Crippen MR) is 82.1 cm³/mol. The molecule has 0 aliphatic carbocycles. The Hall–Kier alpha value is -2.81. The Kier molecular flexibility index (Phi) is 5.02. The van der Waals surface area contributed by atoms with Crippen LogP contribution in [0.4, 0.5) is 10.1 Å². The highest BCUT2D eigenvalue weighted by Gasteiger charge is 2.14. The zero-order valence-corrected chi connectivity index (χ0v) is 13.0. The number of benzene rings is 2. The Morgan fingerprint density at radius 3 is 2.26 bits per heavy atom. The summed E-state index contributed by atoms with van der Waals surface area (Å²) >= 11 is 3.11. The molecule has 2 aromatic carbocycles. The average molecular weight is 382 g/mol. The van der Waals surface area contributed by atoms with Crippen molar-refractivity contribution >= 4 is 33.4 Å². The second kappa shape index (κ2) is 6.97. The maximum absolute atomic E-state index is 13.5. The third-order valence-electron chi connectivity index (χ3n) is 2.80. The first kappa shape index (κ1) is 16.6. The summed E-state index contributed by atoms with van der Waals surface area (Å²) in [6.45, 7) is 0. The molecule has 0 saturated carbocycles. The van der Waals surface area contributed by atoms with E-state index in [2.05, 4.69) is 26.8 Å². The Morgan fingerprint density at radius 2 is 1.65 bits per heavy atom. The van der Waals surface area contributed by atoms with Crippen molar-refractivity contribution in [2.45, 2.75) is 0 Å². The molecule has 0 aromatic heterocycles. The molecule has 0 unspecified atom stereocenters. The number of nitrogens with one attached hydrogen (secondary N) is 2. The lowest BCUT2D eigenvalue weighted by Crippen LogP contribution is -2.41. The summed E-state index contributed by atoms with van der Waals surface area (Å²) < 4.78 is 14.0. The van der Waals surface area contributed by atoms with Crippen LogP contribution in [0.5, 0.6) is 0 Å². The number of rotatable bonds is 3. The van der Waals surface area contributed by atoms with Gasteiger partial charge in [-0.25, -0.2) is 4.39 Å². The molecule has 0 atom stereocenters. The summed E-state index contributed by atoms with van der Waals surface area (Å²) in [6.07, 6.45) is 0. The zero-order valence-electron chi connectivity index (χ0n) is 11.4. The molecule has 0 saturated heterocycles. The van der Waals surface area contributed by atoms with Gasteiger partial charge in [0.2, 0.25) is 0 Å². The molecule has 0 heterocycles. The fourth-order valence-corrected chi connectivity index (χ4v) is 2.02. The third kappa shape index (κ3) is 4.10. The normalized spacial score (nSPS) is 10.0. The van der Waals surface area contributed by atoms with Crippen LogP contribution in [0.25, 0.3) is 0 Å². The van der Waals surface area contributed by atoms with Gasteiger partial charge < -0.3 is 0 Å². The lowest BCUT2D eigenvalue weighted by atomic mass is 10.2. The van der Waals surface area contributed by atoms with Crippen molar-refractivity contribution < 1.29 is 18.9 Å². The number of amides is 2. The number of hydrogen-bond acceptors (Lipinski definition) is 4. The molecular weight excluding hydrogens is 373 g/mol. The van der Waals surface area contributed by atoms with Crippen LogP contribution in [0, 0.1) is 15.9 Å². The molecule has 2 amide bonds. The first-order valence-electron chi connectivity index (χ1n) is 6.18. The number of nitro groups is 1. The number of non-ortho nitro benzene ring substituents is 1. The van der Waals surface area contributed by atoms with Crippen LogP contribution in [0.2, 0.25) is 0 Å². The van der Waals surface area contributed by atoms with Crippen LogP contribution >= 0.6 is 15.9 Å². The number of nitro benzene ring substituents is 1. The van der Waals surface area contributed by atoms with Crippen LogP contribution in [0.1, 0.15) is 20.7 Å². The predicted octanol–water partition coefficient (Wildman–Crippen LogP) is 2.57. The Morgan fingerprint density at radius 1 is 1.04 bits per heavy atom. The van der Waals surface area contributed by atoms with Crippen molar-refractivity contribution in [2.24, 2.45) is 0 Å². The lowest BCUT2D eigenvalue weighted by Gasteiger charge is -2.08. The molecule has 0 bridgehead atoms. The van der Waals surface area contributed by atoms with Crippen molar-refractivity contribution in [3.8, 4) is 0 Å². The summed E-state index contributed by atoms with van der Waals surface area (Å²) in [6, 6.07) is 8.59. The van der Waals surface area contributed by atoms with Crippen molar-refractivity contribution in [3.05, 3.63) is 74.0 Å². The van der Waals surface area contributed by atoms with E-state index in [1.807, 2.05) is 0 Å². The quantitative estimate of drug-likeness (QED) is 0.629. The van der Waals surface area contributed by atoms with Gasteiger partial charge >= 0.3 is 0 Å². The summed E-state index contributed by atoms with van der Waals surface area (Å²) in [5, 5.41) is 10.5. The minimum absolute atomic E-state index is 0.102. The summed E-state index contributed by atoms with van der Waals surface area (Å²) in [5.74, 6) is -2.27. The van der Waals surface area contributed by atoms with Gasteiger partial charge in [-0.3, -0.25) is 30.6 Å². The van der Waals surface area contributed by atoms with E-state index >= 15 is 0 Å². The molecule has 9 heteroatoms. The highest BCUT2D eigenvalue weighted by molar-refractivity contribution is 9.10. The number of hydrogen-bond donors (Lipinski definition) is 2. The maximum atomic E-state index is 13.5. The first-order chi connectivity index (χ1) is 10.9. The minimum Gasteiger partial charge on any atom is -0.267 e. The van der Waals surface area contributed by atoms with Gasteiger partial charge in [-0.15, -0.1) is 0 Å². The van der Waals surface area contributed by atoms with Crippen molar-refractivity contribution in [1.29, 1.82) is 0 Å². The van der Waals surface area contributed by atoms with E-state index in [4.69, 9.17) is 0 Å². The standard InChI is InChI=1S/C14H9BrFN3O4/c15-9-3-6-12(16)11(7-9)14(21)18-17-13(20)8-1-4-10(5-2-8)19(22)23/h1-7H,(H,17,20)(H,18,21). The lowest BCUT2D eigenvalue weighted by molar-refractivity contribution is -0.384. The van der Waals surface area contributed by atoms with Gasteiger partial charge in [0.25, 0.3) is 17.5 Å². The second-order valence-electron chi connectivity index (χ2n) is 4.34. The summed E-state index contributed by atoms with van der Waals surface area (Å²) in [5.41, 5.74) is 3.86. The molecule has 0 radical (unpaired) electrons. The minimum atomic E-state index is -0.834. The first-order valence-corrected chi connectivity index (χ1v) is 6.98. The van der Waals surface area contributed by atoms with E-state index in [9.17, 15) is 24.1 Å². The fourth-order valence-electron chi connectivity index (χ4n) is 1.66. The second-order valence-corrected chi connectivity index (χ2v) is 5.25. The highest BCUT2D eigenvalue weighted by atomic mass is 79.9. The van der Waals surface area contributed by atoms with Crippen molar-refractivity contribution in [3.63, 3.8) is 0 Å². The van der Waals surface area contributed by atoms with Crippen molar-refractivity contribution in [2.75, 3.05) is 0 Å². The molecule has 0 fully saturated rings. The Balaban J connectivity index is 2.02. The SMILES string of the molecule is O=C(NNC(=O)c1cc(Br)ccc1F)c1ccc([N+](=O)[O-])cc1. The van der Waals surface area contributed by atoms with E-state index in [0.717, 1.165) is 18.2 Å². The number of carbonyl (C=O) groups excluding carboxylic acids is 2. The maximum Gasteiger partial charge on any atom is 0.272 e. The number of halogens is 2. The molecule has 7 nitrogen and oxygen atoms in total. The van der Waals surface area contributed by atoms with E-state index in [0.29, 0.717) is 4.47 Å². The third-order valence-corrected chi connectivity index (χ3v) is 3.30. The Bertz CT molecular complexity index is 780.